The Morgan fingerprint density at radius 3 is 0.755 bits per heavy atom. The van der Waals surface area contributed by atoms with Crippen LogP contribution in [0.2, 0.25) is 0 Å². The molecule has 0 fully saturated rings. The van der Waals surface area contributed by atoms with Crippen molar-refractivity contribution in [2.75, 3.05) is 41.3 Å². The molecule has 6 nitrogen and oxygen atoms in total. The van der Waals surface area contributed by atoms with Gasteiger partial charge in [-0.25, -0.2) is 0 Å². The summed E-state index contributed by atoms with van der Waals surface area (Å²) in [6.07, 6.45) is 37.1. The van der Waals surface area contributed by atoms with Gasteiger partial charge in [0.05, 0.1) is 52.4 Å². The quantitative estimate of drug-likeness (QED) is 0.0320. The highest BCUT2D eigenvalue weighted by atomic mass is 32.3. The molecule has 0 heterocycles. The van der Waals surface area contributed by atoms with Gasteiger partial charge in [-0.15, -0.1) is 0 Å². The summed E-state index contributed by atoms with van der Waals surface area (Å²) in [5.74, 6) is 0. The Morgan fingerprint density at radius 2 is 0.571 bits per heavy atom. The molecule has 0 unspecified atom stereocenters. The van der Waals surface area contributed by atoms with E-state index in [0.717, 1.165) is 0 Å². The van der Waals surface area contributed by atoms with E-state index >= 15 is 0 Å². The SMILES string of the molecule is CCCCCCCCCCCCCC(C)(C)[N+](C)(C)CCC.CCCCCCCCCCCCCC(C)(C)[N+](C)(C)CCC.O=S(=O)([O-])[O-]. The third kappa shape index (κ3) is 34.6. The number of quaternary nitrogens is 2. The van der Waals surface area contributed by atoms with Crippen molar-refractivity contribution in [3.8, 4) is 0 Å². The molecule has 0 aliphatic rings. The van der Waals surface area contributed by atoms with Gasteiger partial charge in [0.15, 0.2) is 0 Å². The summed E-state index contributed by atoms with van der Waals surface area (Å²) in [6.45, 7) is 21.6. The summed E-state index contributed by atoms with van der Waals surface area (Å²) in [4.78, 5) is 0. The van der Waals surface area contributed by atoms with E-state index in [9.17, 15) is 0 Å². The van der Waals surface area contributed by atoms with Crippen molar-refractivity contribution in [1.82, 2.24) is 0 Å². The molecule has 0 saturated carbocycles. The molecule has 0 atom stereocenters. The van der Waals surface area contributed by atoms with Crippen molar-refractivity contribution in [2.24, 2.45) is 0 Å². The van der Waals surface area contributed by atoms with Gasteiger partial charge in [-0.3, -0.25) is 8.42 Å². The lowest BCUT2D eigenvalue weighted by Gasteiger charge is -2.45. The zero-order chi connectivity index (χ0) is 38.3. The second-order valence-electron chi connectivity index (χ2n) is 17.4. The lowest BCUT2D eigenvalue weighted by molar-refractivity contribution is -0.938. The Hall–Kier alpha value is -0.210. The average Bonchev–Trinajstić information content (AvgIpc) is 2.98. The zero-order valence-corrected chi connectivity index (χ0v) is 36.6. The van der Waals surface area contributed by atoms with Crippen LogP contribution in [0.25, 0.3) is 0 Å². The van der Waals surface area contributed by atoms with E-state index in [0.29, 0.717) is 11.1 Å². The molecule has 0 rings (SSSR count). The van der Waals surface area contributed by atoms with Crippen LogP contribution in [0.1, 0.15) is 222 Å². The van der Waals surface area contributed by atoms with Gasteiger partial charge in [0.2, 0.25) is 0 Å². The zero-order valence-electron chi connectivity index (χ0n) is 35.7. The molecule has 49 heavy (non-hydrogen) atoms. The molecule has 0 aliphatic heterocycles. The normalized spacial score (nSPS) is 12.7. The summed E-state index contributed by atoms with van der Waals surface area (Å²) in [5, 5.41) is 0. The summed E-state index contributed by atoms with van der Waals surface area (Å²) in [6, 6.07) is 0. The van der Waals surface area contributed by atoms with Gasteiger partial charge in [0.1, 0.15) is 0 Å². The van der Waals surface area contributed by atoms with Gasteiger partial charge in [-0.1, -0.05) is 156 Å². The summed E-state index contributed by atoms with van der Waals surface area (Å²) in [7, 11) is 4.45. The van der Waals surface area contributed by atoms with E-state index < -0.39 is 10.4 Å². The number of nitrogens with zero attached hydrogens (tertiary/aromatic N) is 2. The Bertz CT molecular complexity index is 749. The second kappa shape index (κ2) is 31.3. The van der Waals surface area contributed by atoms with E-state index in [1.165, 1.54) is 189 Å². The fourth-order valence-corrected chi connectivity index (χ4v) is 6.77. The molecule has 0 saturated heterocycles. The van der Waals surface area contributed by atoms with Gasteiger partial charge in [0, 0.05) is 23.2 Å². The molecule has 0 aromatic carbocycles. The van der Waals surface area contributed by atoms with Gasteiger partial charge in [-0.05, 0) is 53.4 Å². The van der Waals surface area contributed by atoms with E-state index in [-0.39, 0.29) is 0 Å². The van der Waals surface area contributed by atoms with Crippen molar-refractivity contribution >= 4 is 10.4 Å². The van der Waals surface area contributed by atoms with Crippen molar-refractivity contribution in [2.45, 2.75) is 233 Å². The van der Waals surface area contributed by atoms with Gasteiger partial charge in [0.25, 0.3) is 0 Å². The molecule has 300 valence electrons. The fourth-order valence-electron chi connectivity index (χ4n) is 6.77. The predicted octanol–water partition coefficient (Wildman–Crippen LogP) is 12.6. The van der Waals surface area contributed by atoms with E-state index in [1.807, 2.05) is 0 Å². The predicted molar refractivity (Wildman–Crippen MR) is 215 cm³/mol. The Morgan fingerprint density at radius 1 is 0.388 bits per heavy atom. The minimum absolute atomic E-state index is 0.426. The Labute approximate surface area is 310 Å². The maximum Gasteiger partial charge on any atom is 0.0931 e. The molecule has 0 aromatic rings. The maximum atomic E-state index is 8.52. The lowest BCUT2D eigenvalue weighted by Crippen LogP contribution is -2.56. The third-order valence-electron chi connectivity index (χ3n) is 11.6. The molecule has 0 N–H and O–H groups in total. The van der Waals surface area contributed by atoms with Crippen LogP contribution in [0.4, 0.5) is 0 Å². The maximum absolute atomic E-state index is 8.52. The lowest BCUT2D eigenvalue weighted by atomic mass is 9.92. The van der Waals surface area contributed by atoms with Crippen LogP contribution >= 0.6 is 0 Å². The largest absolute Gasteiger partial charge is 0.759 e. The van der Waals surface area contributed by atoms with Crippen molar-refractivity contribution in [3.63, 3.8) is 0 Å². The first-order valence-electron chi connectivity index (χ1n) is 21.1. The van der Waals surface area contributed by atoms with Gasteiger partial charge >= 0.3 is 0 Å². The molecular weight excluding hydrogens is 629 g/mol. The number of hydrogen-bond donors (Lipinski definition) is 0. The monoisotopic (exact) mass is 721 g/mol. The smallest absolute Gasteiger partial charge is 0.0931 e. The second-order valence-corrected chi connectivity index (χ2v) is 18.2. The van der Waals surface area contributed by atoms with Gasteiger partial charge in [-0.2, -0.15) is 0 Å². The van der Waals surface area contributed by atoms with E-state index in [1.54, 1.807) is 0 Å². The standard InChI is InChI=1S/2C21H46N.H2O4S/c2*1-7-9-10-11-12-13-14-15-16-17-18-19-21(3,4)22(5,6)20-8-2;1-5(2,3)4/h2*7-20H2,1-6H3;(H2,1,2,3,4)/q2*+1;/p-2. The first-order chi connectivity index (χ1) is 22.7. The number of rotatable bonds is 30. The topological polar surface area (TPSA) is 80.3 Å². The molecule has 0 bridgehead atoms. The van der Waals surface area contributed by atoms with Crippen LogP contribution in [0.5, 0.6) is 0 Å². The summed E-state index contributed by atoms with van der Waals surface area (Å²) in [5.41, 5.74) is 0.852. The van der Waals surface area contributed by atoms with Crippen molar-refractivity contribution in [1.29, 1.82) is 0 Å². The number of hydrogen-bond acceptors (Lipinski definition) is 4. The van der Waals surface area contributed by atoms with Gasteiger partial charge < -0.3 is 18.1 Å². The molecule has 0 aromatic heterocycles. The highest BCUT2D eigenvalue weighted by Gasteiger charge is 2.35. The average molecular weight is 721 g/mol. The van der Waals surface area contributed by atoms with Crippen LogP contribution in [0.15, 0.2) is 0 Å². The van der Waals surface area contributed by atoms with Crippen LogP contribution in [-0.4, -0.2) is 78.8 Å². The van der Waals surface area contributed by atoms with Crippen LogP contribution in [0.3, 0.4) is 0 Å². The van der Waals surface area contributed by atoms with Crippen LogP contribution in [0, 0.1) is 0 Å². The molecule has 7 heteroatoms. The minimum atomic E-state index is -5.17. The molecule has 0 aliphatic carbocycles. The first-order valence-corrected chi connectivity index (χ1v) is 22.4. The van der Waals surface area contributed by atoms with Crippen LogP contribution in [-0.2, 0) is 10.4 Å². The van der Waals surface area contributed by atoms with Crippen molar-refractivity contribution < 1.29 is 26.5 Å². The first kappa shape index (κ1) is 53.1. The highest BCUT2D eigenvalue weighted by molar-refractivity contribution is 7.79. The summed E-state index contributed by atoms with van der Waals surface area (Å²) < 4.78 is 36.4. The van der Waals surface area contributed by atoms with E-state index in [2.05, 4.69) is 83.6 Å². The van der Waals surface area contributed by atoms with Crippen LogP contribution < -0.4 is 0 Å². The minimum Gasteiger partial charge on any atom is -0.759 e. The Kier molecular flexibility index (Phi) is 34.0. The molecule has 0 amide bonds. The third-order valence-corrected chi connectivity index (χ3v) is 11.6. The molecular formula is C42H92N2O4S. The van der Waals surface area contributed by atoms with E-state index in [4.69, 9.17) is 17.5 Å². The summed E-state index contributed by atoms with van der Waals surface area (Å²) >= 11 is 0. The Balaban J connectivity index is -0.000000757. The fraction of sp³-hybridized carbons (Fsp3) is 1.00. The van der Waals surface area contributed by atoms with Crippen molar-refractivity contribution in [3.05, 3.63) is 0 Å². The number of unbranched alkanes of at least 4 members (excludes halogenated alkanes) is 20. The highest BCUT2D eigenvalue weighted by Crippen LogP contribution is 2.28. The molecule has 0 spiro atoms. The molecule has 0 radical (unpaired) electrons.